The Labute approximate surface area is 133 Å². The van der Waals surface area contributed by atoms with Crippen molar-refractivity contribution in [1.82, 2.24) is 14.9 Å². The summed E-state index contributed by atoms with van der Waals surface area (Å²) in [4.78, 5) is 18.1. The Kier molecular flexibility index (Phi) is 3.74. The van der Waals surface area contributed by atoms with Crippen LogP contribution < -0.4 is 5.32 Å². The van der Waals surface area contributed by atoms with E-state index in [9.17, 15) is 4.79 Å². The van der Waals surface area contributed by atoms with Crippen LogP contribution in [0.15, 0.2) is 41.8 Å². The molecule has 0 aliphatic rings. The summed E-state index contributed by atoms with van der Waals surface area (Å²) in [6, 6.07) is 11.9. The first-order chi connectivity index (χ1) is 10.4. The monoisotopic (exact) mass is 313 g/mol. The lowest BCUT2D eigenvalue weighted by Crippen LogP contribution is -2.42. The second kappa shape index (κ2) is 5.57. The molecule has 0 spiro atoms. The number of nitrogens with one attached hydrogen (secondary N) is 1. The van der Waals surface area contributed by atoms with Crippen molar-refractivity contribution >= 4 is 28.3 Å². The van der Waals surface area contributed by atoms with E-state index in [1.165, 1.54) is 0 Å². The third-order valence-corrected chi connectivity index (χ3v) is 4.08. The topological polar surface area (TPSA) is 46.9 Å². The highest BCUT2D eigenvalue weighted by Gasteiger charge is 2.18. The minimum absolute atomic E-state index is 0.00606. The molecule has 0 fully saturated rings. The maximum Gasteiger partial charge on any atom is 0.240 e. The van der Waals surface area contributed by atoms with Gasteiger partial charge in [-0.2, -0.15) is 0 Å². The van der Waals surface area contributed by atoms with Gasteiger partial charge in [0.15, 0.2) is 5.82 Å². The van der Waals surface area contributed by atoms with Crippen LogP contribution in [0.2, 0.25) is 0 Å². The van der Waals surface area contributed by atoms with E-state index in [0.29, 0.717) is 0 Å². The molecule has 0 saturated heterocycles. The Bertz CT molecular complexity index is 797. The fraction of sp³-hybridized carbons (Fsp3) is 0.294. The predicted molar refractivity (Wildman–Crippen MR) is 90.9 cm³/mol. The lowest BCUT2D eigenvalue weighted by molar-refractivity contribution is -0.123. The normalized spacial score (nSPS) is 11.8. The fourth-order valence-electron chi connectivity index (χ4n) is 2.43. The number of rotatable bonds is 3. The lowest BCUT2D eigenvalue weighted by Gasteiger charge is -2.21. The third kappa shape index (κ3) is 3.04. The molecule has 0 aliphatic heterocycles. The molecule has 1 amide bonds. The standard InChI is InChI=1S/C17H19N3OS/c1-17(2,3)19-15(21)11-20-13-8-5-4-7-12(13)18-16(20)14-9-6-10-22-14/h4-10H,11H2,1-3H3,(H,19,21). The molecule has 0 saturated carbocycles. The summed E-state index contributed by atoms with van der Waals surface area (Å²) in [5.74, 6) is 0.841. The van der Waals surface area contributed by atoms with Crippen molar-refractivity contribution in [1.29, 1.82) is 0 Å². The van der Waals surface area contributed by atoms with Gasteiger partial charge in [-0.3, -0.25) is 4.79 Å². The van der Waals surface area contributed by atoms with Gasteiger partial charge >= 0.3 is 0 Å². The molecule has 0 bridgehead atoms. The SMILES string of the molecule is CC(C)(C)NC(=O)Cn1c(-c2cccs2)nc2ccccc21. The number of imidazole rings is 1. The van der Waals surface area contributed by atoms with Gasteiger partial charge in [-0.15, -0.1) is 11.3 Å². The number of benzene rings is 1. The van der Waals surface area contributed by atoms with Crippen LogP contribution >= 0.6 is 11.3 Å². The quantitative estimate of drug-likeness (QED) is 0.802. The Morgan fingerprint density at radius 1 is 1.23 bits per heavy atom. The molecule has 4 nitrogen and oxygen atoms in total. The van der Waals surface area contributed by atoms with Crippen LogP contribution in [0.5, 0.6) is 0 Å². The van der Waals surface area contributed by atoms with Gasteiger partial charge in [0.25, 0.3) is 0 Å². The van der Waals surface area contributed by atoms with Crippen molar-refractivity contribution in [2.75, 3.05) is 0 Å². The third-order valence-electron chi connectivity index (χ3n) is 3.21. The number of carbonyl (C=O) groups is 1. The predicted octanol–water partition coefficient (Wildman–Crippen LogP) is 3.68. The highest BCUT2D eigenvalue weighted by Crippen LogP contribution is 2.28. The molecule has 22 heavy (non-hydrogen) atoms. The van der Waals surface area contributed by atoms with Gasteiger partial charge in [0.05, 0.1) is 15.9 Å². The zero-order valence-electron chi connectivity index (χ0n) is 13.0. The number of hydrogen-bond donors (Lipinski definition) is 1. The maximum absolute atomic E-state index is 12.3. The van der Waals surface area contributed by atoms with Crippen molar-refractivity contribution in [3.8, 4) is 10.7 Å². The van der Waals surface area contributed by atoms with E-state index in [2.05, 4.69) is 5.32 Å². The molecule has 3 aromatic rings. The van der Waals surface area contributed by atoms with E-state index < -0.39 is 0 Å². The minimum atomic E-state index is -0.240. The van der Waals surface area contributed by atoms with Gasteiger partial charge in [0, 0.05) is 5.54 Å². The van der Waals surface area contributed by atoms with Gasteiger partial charge in [-0.1, -0.05) is 18.2 Å². The van der Waals surface area contributed by atoms with Gasteiger partial charge in [-0.05, 0) is 44.4 Å². The zero-order valence-corrected chi connectivity index (χ0v) is 13.8. The Morgan fingerprint density at radius 2 is 2.00 bits per heavy atom. The minimum Gasteiger partial charge on any atom is -0.350 e. The molecule has 1 aromatic carbocycles. The largest absolute Gasteiger partial charge is 0.350 e. The molecule has 2 aromatic heterocycles. The number of para-hydroxylation sites is 2. The molecule has 5 heteroatoms. The van der Waals surface area contributed by atoms with Gasteiger partial charge in [0.1, 0.15) is 6.54 Å². The number of thiophene rings is 1. The summed E-state index contributed by atoms with van der Waals surface area (Å²) in [7, 11) is 0. The van der Waals surface area contributed by atoms with Crippen LogP contribution in [0.1, 0.15) is 20.8 Å². The molecule has 0 aliphatic carbocycles. The number of carbonyl (C=O) groups excluding carboxylic acids is 1. The molecule has 1 N–H and O–H groups in total. The summed E-state index contributed by atoms with van der Waals surface area (Å²) in [6.07, 6.45) is 0. The smallest absolute Gasteiger partial charge is 0.240 e. The molecule has 0 unspecified atom stereocenters. The first-order valence-electron chi connectivity index (χ1n) is 7.24. The van der Waals surface area contributed by atoms with Crippen molar-refractivity contribution in [3.63, 3.8) is 0 Å². The second-order valence-corrected chi connectivity index (χ2v) is 7.23. The number of nitrogens with zero attached hydrogens (tertiary/aromatic N) is 2. The molecular formula is C17H19N3OS. The number of aromatic nitrogens is 2. The van der Waals surface area contributed by atoms with E-state index in [1.807, 2.05) is 67.1 Å². The summed E-state index contributed by atoms with van der Waals surface area (Å²) < 4.78 is 1.99. The van der Waals surface area contributed by atoms with Crippen molar-refractivity contribution < 1.29 is 4.79 Å². The highest BCUT2D eigenvalue weighted by atomic mass is 32.1. The Morgan fingerprint density at radius 3 is 2.68 bits per heavy atom. The van der Waals surface area contributed by atoms with E-state index in [0.717, 1.165) is 21.7 Å². The Balaban J connectivity index is 2.03. The molecule has 0 atom stereocenters. The van der Waals surface area contributed by atoms with E-state index in [-0.39, 0.29) is 18.0 Å². The molecule has 3 rings (SSSR count). The number of fused-ring (bicyclic) bond motifs is 1. The maximum atomic E-state index is 12.3. The number of amides is 1. The average Bonchev–Trinajstić information content (AvgIpc) is 3.04. The Hall–Kier alpha value is -2.14. The lowest BCUT2D eigenvalue weighted by atomic mass is 10.1. The molecular weight excluding hydrogens is 294 g/mol. The van der Waals surface area contributed by atoms with Crippen LogP contribution in [0.25, 0.3) is 21.7 Å². The fourth-order valence-corrected chi connectivity index (χ4v) is 3.15. The van der Waals surface area contributed by atoms with E-state index in [1.54, 1.807) is 11.3 Å². The summed E-state index contributed by atoms with van der Waals surface area (Å²) in [5, 5.41) is 5.03. The molecule has 0 radical (unpaired) electrons. The van der Waals surface area contributed by atoms with Crippen LogP contribution in [0, 0.1) is 0 Å². The van der Waals surface area contributed by atoms with Crippen molar-refractivity contribution in [3.05, 3.63) is 41.8 Å². The first kappa shape index (κ1) is 14.8. The van der Waals surface area contributed by atoms with E-state index in [4.69, 9.17) is 4.98 Å². The van der Waals surface area contributed by atoms with Gasteiger partial charge in [0.2, 0.25) is 5.91 Å². The zero-order chi connectivity index (χ0) is 15.7. The summed E-state index contributed by atoms with van der Waals surface area (Å²) in [6.45, 7) is 6.22. The molecule has 2 heterocycles. The number of hydrogen-bond acceptors (Lipinski definition) is 3. The van der Waals surface area contributed by atoms with Crippen molar-refractivity contribution in [2.45, 2.75) is 32.9 Å². The van der Waals surface area contributed by atoms with Crippen LogP contribution in [0.4, 0.5) is 0 Å². The van der Waals surface area contributed by atoms with Crippen LogP contribution in [-0.2, 0) is 11.3 Å². The molecule has 114 valence electrons. The van der Waals surface area contributed by atoms with Gasteiger partial charge in [-0.25, -0.2) is 4.98 Å². The van der Waals surface area contributed by atoms with Gasteiger partial charge < -0.3 is 9.88 Å². The summed E-state index contributed by atoms with van der Waals surface area (Å²) in [5.41, 5.74) is 1.65. The van der Waals surface area contributed by atoms with Crippen molar-refractivity contribution in [2.24, 2.45) is 0 Å². The van der Waals surface area contributed by atoms with E-state index >= 15 is 0 Å². The first-order valence-corrected chi connectivity index (χ1v) is 8.12. The summed E-state index contributed by atoms with van der Waals surface area (Å²) >= 11 is 1.63. The average molecular weight is 313 g/mol. The van der Waals surface area contributed by atoms with Crippen LogP contribution in [-0.4, -0.2) is 21.0 Å². The highest BCUT2D eigenvalue weighted by molar-refractivity contribution is 7.13. The van der Waals surface area contributed by atoms with Crippen LogP contribution in [0.3, 0.4) is 0 Å². The second-order valence-electron chi connectivity index (χ2n) is 6.29.